The van der Waals surface area contributed by atoms with E-state index in [-0.39, 0.29) is 30.8 Å². The third kappa shape index (κ3) is 5.16. The van der Waals surface area contributed by atoms with Crippen LogP contribution in [0.25, 0.3) is 0 Å². The van der Waals surface area contributed by atoms with Gasteiger partial charge in [-0.25, -0.2) is 17.5 Å². The molecule has 1 aliphatic rings. The molecule has 1 N–H and O–H groups in total. The summed E-state index contributed by atoms with van der Waals surface area (Å²) in [5, 5.41) is 2.60. The Morgan fingerprint density at radius 2 is 1.78 bits per heavy atom. The molecule has 1 saturated heterocycles. The highest BCUT2D eigenvalue weighted by Gasteiger charge is 2.45. The Labute approximate surface area is 187 Å². The number of sulfonamides is 1. The van der Waals surface area contributed by atoms with Crippen molar-refractivity contribution in [2.24, 2.45) is 0 Å². The zero-order valence-electron chi connectivity index (χ0n) is 18.0. The molecular formula is C23H26N2O6S. The largest absolute Gasteiger partial charge is 0.464 e. The monoisotopic (exact) mass is 458 g/mol. The van der Waals surface area contributed by atoms with Crippen LogP contribution in [0.1, 0.15) is 30.9 Å². The zero-order valence-corrected chi connectivity index (χ0v) is 18.8. The highest BCUT2D eigenvalue weighted by molar-refractivity contribution is 7.89. The van der Waals surface area contributed by atoms with Gasteiger partial charge in [-0.1, -0.05) is 48.0 Å². The minimum Gasteiger partial charge on any atom is -0.464 e. The Hall–Kier alpha value is -3.20. The van der Waals surface area contributed by atoms with E-state index in [1.54, 1.807) is 19.1 Å². The molecule has 1 fully saturated rings. The number of carbonyl (C=O) groups excluding carboxylic acids is 3. The lowest BCUT2D eigenvalue weighted by Crippen LogP contribution is -2.52. The van der Waals surface area contributed by atoms with Crippen molar-refractivity contribution in [3.05, 3.63) is 65.7 Å². The molecule has 0 aliphatic carbocycles. The highest BCUT2D eigenvalue weighted by Crippen LogP contribution is 2.27. The molecular weight excluding hydrogens is 432 g/mol. The fourth-order valence-electron chi connectivity index (χ4n) is 3.58. The average Bonchev–Trinajstić information content (AvgIpc) is 3.17. The SMILES string of the molecule is CCOC(=O)[C@H](Cc1ccccc1)NC(=O)[C@@H]1CCC(=O)N1S(=O)(=O)c1ccc(C)cc1. The van der Waals surface area contributed by atoms with Gasteiger partial charge in [-0.05, 0) is 38.0 Å². The lowest BCUT2D eigenvalue weighted by molar-refractivity contribution is -0.147. The molecule has 2 atom stereocenters. The number of carbonyl (C=O) groups is 3. The molecule has 0 radical (unpaired) electrons. The molecule has 0 unspecified atom stereocenters. The van der Waals surface area contributed by atoms with Crippen molar-refractivity contribution in [2.75, 3.05) is 6.61 Å². The summed E-state index contributed by atoms with van der Waals surface area (Å²) in [6.45, 7) is 3.61. The summed E-state index contributed by atoms with van der Waals surface area (Å²) >= 11 is 0. The first-order valence-electron chi connectivity index (χ1n) is 10.4. The van der Waals surface area contributed by atoms with Gasteiger partial charge in [0.05, 0.1) is 11.5 Å². The number of esters is 1. The van der Waals surface area contributed by atoms with Gasteiger partial charge in [-0.15, -0.1) is 0 Å². The van der Waals surface area contributed by atoms with Crippen LogP contribution in [0, 0.1) is 6.92 Å². The number of hydrogen-bond donors (Lipinski definition) is 1. The first kappa shape index (κ1) is 23.5. The van der Waals surface area contributed by atoms with E-state index in [9.17, 15) is 22.8 Å². The summed E-state index contributed by atoms with van der Waals surface area (Å²) in [5.74, 6) is -1.98. The van der Waals surface area contributed by atoms with Crippen LogP contribution in [0.4, 0.5) is 0 Å². The van der Waals surface area contributed by atoms with Crippen LogP contribution >= 0.6 is 0 Å². The first-order valence-corrected chi connectivity index (χ1v) is 11.8. The van der Waals surface area contributed by atoms with Gasteiger partial charge in [0.2, 0.25) is 11.8 Å². The summed E-state index contributed by atoms with van der Waals surface area (Å²) < 4.78 is 32.0. The quantitative estimate of drug-likeness (QED) is 0.606. The van der Waals surface area contributed by atoms with Crippen LogP contribution < -0.4 is 5.32 Å². The molecule has 2 aromatic carbocycles. The van der Waals surface area contributed by atoms with E-state index < -0.39 is 39.9 Å². The standard InChI is InChI=1S/C23H26N2O6S/c1-3-31-23(28)19(15-17-7-5-4-6-8-17)24-22(27)20-13-14-21(26)25(20)32(29,30)18-11-9-16(2)10-12-18/h4-12,19-20H,3,13-15H2,1-2H3,(H,24,27)/t19-,20-/m0/s1. The van der Waals surface area contributed by atoms with E-state index in [1.165, 1.54) is 12.1 Å². The molecule has 2 aromatic rings. The van der Waals surface area contributed by atoms with E-state index in [2.05, 4.69) is 5.32 Å². The van der Waals surface area contributed by atoms with Crippen molar-refractivity contribution < 1.29 is 27.5 Å². The number of benzene rings is 2. The van der Waals surface area contributed by atoms with E-state index in [4.69, 9.17) is 4.74 Å². The molecule has 3 rings (SSSR count). The van der Waals surface area contributed by atoms with Gasteiger partial charge < -0.3 is 10.1 Å². The van der Waals surface area contributed by atoms with Crippen molar-refractivity contribution in [1.82, 2.24) is 9.62 Å². The minimum absolute atomic E-state index is 0.0383. The smallest absolute Gasteiger partial charge is 0.328 e. The van der Waals surface area contributed by atoms with Crippen LogP contribution in [0.3, 0.4) is 0 Å². The van der Waals surface area contributed by atoms with Crippen molar-refractivity contribution in [3.8, 4) is 0 Å². The fraction of sp³-hybridized carbons (Fsp3) is 0.348. The van der Waals surface area contributed by atoms with E-state index in [1.807, 2.05) is 37.3 Å². The molecule has 2 amide bonds. The van der Waals surface area contributed by atoms with Crippen LogP contribution in [0.2, 0.25) is 0 Å². The van der Waals surface area contributed by atoms with E-state index >= 15 is 0 Å². The maximum Gasteiger partial charge on any atom is 0.328 e. The number of aryl methyl sites for hydroxylation is 1. The summed E-state index contributed by atoms with van der Waals surface area (Å²) in [7, 11) is -4.22. The number of rotatable bonds is 8. The Balaban J connectivity index is 1.84. The number of nitrogens with one attached hydrogen (secondary N) is 1. The second-order valence-corrected chi connectivity index (χ2v) is 9.38. The lowest BCUT2D eigenvalue weighted by atomic mass is 10.1. The number of nitrogens with zero attached hydrogens (tertiary/aromatic N) is 1. The van der Waals surface area contributed by atoms with Crippen molar-refractivity contribution >= 4 is 27.8 Å². The van der Waals surface area contributed by atoms with Gasteiger partial charge in [-0.2, -0.15) is 0 Å². The Bertz CT molecular complexity index is 1080. The molecule has 0 aromatic heterocycles. The Morgan fingerprint density at radius 3 is 2.41 bits per heavy atom. The fourth-order valence-corrected chi connectivity index (χ4v) is 5.18. The molecule has 170 valence electrons. The van der Waals surface area contributed by atoms with Crippen LogP contribution in [0.15, 0.2) is 59.5 Å². The topological polar surface area (TPSA) is 110 Å². The van der Waals surface area contributed by atoms with Gasteiger partial charge in [0.1, 0.15) is 12.1 Å². The summed E-state index contributed by atoms with van der Waals surface area (Å²) in [6, 6.07) is 12.9. The molecule has 8 nitrogen and oxygen atoms in total. The number of hydrogen-bond acceptors (Lipinski definition) is 6. The molecule has 1 aliphatic heterocycles. The lowest BCUT2D eigenvalue weighted by Gasteiger charge is -2.26. The van der Waals surface area contributed by atoms with Gasteiger partial charge in [-0.3, -0.25) is 9.59 Å². The van der Waals surface area contributed by atoms with Crippen LogP contribution in [0.5, 0.6) is 0 Å². The number of amides is 2. The van der Waals surface area contributed by atoms with Gasteiger partial charge in [0, 0.05) is 12.8 Å². The van der Waals surface area contributed by atoms with Gasteiger partial charge >= 0.3 is 5.97 Å². The first-order chi connectivity index (χ1) is 15.2. The molecule has 9 heteroatoms. The molecule has 0 saturated carbocycles. The normalized spacial score (nSPS) is 17.1. The molecule has 0 bridgehead atoms. The Morgan fingerprint density at radius 1 is 1.12 bits per heavy atom. The van der Waals surface area contributed by atoms with Crippen molar-refractivity contribution in [1.29, 1.82) is 0 Å². The summed E-state index contributed by atoms with van der Waals surface area (Å²) in [5.41, 5.74) is 1.67. The Kier molecular flexibility index (Phi) is 7.29. The third-order valence-electron chi connectivity index (χ3n) is 5.21. The average molecular weight is 459 g/mol. The minimum atomic E-state index is -4.22. The highest BCUT2D eigenvalue weighted by atomic mass is 32.2. The second-order valence-electron chi connectivity index (χ2n) is 7.57. The summed E-state index contributed by atoms with van der Waals surface area (Å²) in [4.78, 5) is 37.9. The number of ether oxygens (including phenoxy) is 1. The molecule has 1 heterocycles. The molecule has 0 spiro atoms. The van der Waals surface area contributed by atoms with Crippen LogP contribution in [-0.2, 0) is 35.6 Å². The molecule has 32 heavy (non-hydrogen) atoms. The predicted molar refractivity (Wildman–Crippen MR) is 117 cm³/mol. The van der Waals surface area contributed by atoms with Crippen molar-refractivity contribution in [3.63, 3.8) is 0 Å². The second kappa shape index (κ2) is 9.95. The maximum atomic E-state index is 13.1. The van der Waals surface area contributed by atoms with E-state index in [0.717, 1.165) is 11.1 Å². The maximum absolute atomic E-state index is 13.1. The van der Waals surface area contributed by atoms with E-state index in [0.29, 0.717) is 4.31 Å². The van der Waals surface area contributed by atoms with Gasteiger partial charge in [0.25, 0.3) is 10.0 Å². The van der Waals surface area contributed by atoms with Crippen LogP contribution in [-0.4, -0.2) is 49.2 Å². The van der Waals surface area contributed by atoms with Crippen molar-refractivity contribution in [2.45, 2.75) is 50.1 Å². The third-order valence-corrected chi connectivity index (χ3v) is 7.06. The predicted octanol–water partition coefficient (Wildman–Crippen LogP) is 1.97. The summed E-state index contributed by atoms with van der Waals surface area (Å²) in [6.07, 6.45) is 0.138. The van der Waals surface area contributed by atoms with Gasteiger partial charge in [0.15, 0.2) is 0 Å². The zero-order chi connectivity index (χ0) is 23.3.